The Hall–Kier alpha value is -2.58. The van der Waals surface area contributed by atoms with Gasteiger partial charge < -0.3 is 9.64 Å². The summed E-state index contributed by atoms with van der Waals surface area (Å²) in [5, 5.41) is 7.87. The molecule has 1 aromatic carbocycles. The third-order valence-corrected chi connectivity index (χ3v) is 5.21. The lowest BCUT2D eigenvalue weighted by Gasteiger charge is -2.24. The minimum atomic E-state index is -0.334. The highest BCUT2D eigenvalue weighted by atomic mass is 32.1. The fourth-order valence-electron chi connectivity index (χ4n) is 2.87. The van der Waals surface area contributed by atoms with Gasteiger partial charge in [0.1, 0.15) is 19.0 Å². The van der Waals surface area contributed by atoms with Crippen LogP contribution in [0.15, 0.2) is 46.9 Å². The van der Waals surface area contributed by atoms with Crippen LogP contribution >= 0.6 is 11.3 Å². The number of carbonyl (C=O) groups excluding carboxylic acids is 2. The number of rotatable bonds is 6. The highest BCUT2D eigenvalue weighted by Crippen LogP contribution is 2.33. The first kappa shape index (κ1) is 19.2. The van der Waals surface area contributed by atoms with E-state index in [2.05, 4.69) is 5.10 Å². The molecule has 2 amide bonds. The zero-order valence-electron chi connectivity index (χ0n) is 15.1. The van der Waals surface area contributed by atoms with Crippen LogP contribution < -0.4 is 0 Å². The number of likely N-dealkylation sites (N-methyl/N-ethyl adjacent to an activating group) is 1. The summed E-state index contributed by atoms with van der Waals surface area (Å²) < 4.78 is 18.1. The minimum Gasteiger partial charge on any atom is -0.375 e. The van der Waals surface area contributed by atoms with Crippen molar-refractivity contribution in [3.63, 3.8) is 0 Å². The number of thiophene rings is 1. The molecule has 1 aliphatic rings. The lowest BCUT2D eigenvalue weighted by Crippen LogP contribution is -2.40. The number of hydrogen-bond acceptors (Lipinski definition) is 5. The van der Waals surface area contributed by atoms with Crippen LogP contribution in [-0.2, 0) is 14.3 Å². The van der Waals surface area contributed by atoms with Crippen LogP contribution in [-0.4, -0.2) is 54.7 Å². The summed E-state index contributed by atoms with van der Waals surface area (Å²) in [6.45, 7) is -0.198. The van der Waals surface area contributed by atoms with Gasteiger partial charge in [0.15, 0.2) is 0 Å². The van der Waals surface area contributed by atoms with Gasteiger partial charge >= 0.3 is 0 Å². The van der Waals surface area contributed by atoms with Crippen LogP contribution in [0.3, 0.4) is 0 Å². The Kier molecular flexibility index (Phi) is 5.98. The van der Waals surface area contributed by atoms with Crippen LogP contribution in [0.1, 0.15) is 22.9 Å². The third kappa shape index (κ3) is 4.40. The van der Waals surface area contributed by atoms with Crippen molar-refractivity contribution in [2.45, 2.75) is 12.5 Å². The molecule has 0 radical (unpaired) electrons. The number of ether oxygens (including phenoxy) is 1. The molecule has 2 heterocycles. The van der Waals surface area contributed by atoms with Crippen molar-refractivity contribution in [1.29, 1.82) is 0 Å². The standard InChI is InChI=1S/C19H20FN3O3S/c1-22(19(25)12-26-2)11-18(24)23-16(13-5-7-14(20)8-6-13)10-15(21-23)17-4-3-9-27-17/h3-9,16H,10-12H2,1-2H3/t16-/m0/s1. The number of carbonyl (C=O) groups is 2. The van der Waals surface area contributed by atoms with Gasteiger partial charge in [-0.3, -0.25) is 9.59 Å². The number of hydrogen-bond donors (Lipinski definition) is 0. The first-order valence-electron chi connectivity index (χ1n) is 8.41. The van der Waals surface area contributed by atoms with E-state index in [1.807, 2.05) is 17.5 Å². The maximum Gasteiger partial charge on any atom is 0.262 e. The Morgan fingerprint density at radius 1 is 1.33 bits per heavy atom. The van der Waals surface area contributed by atoms with Gasteiger partial charge in [0.25, 0.3) is 5.91 Å². The van der Waals surface area contributed by atoms with Crippen LogP contribution in [0.5, 0.6) is 0 Å². The van der Waals surface area contributed by atoms with Gasteiger partial charge in [0.05, 0.1) is 16.6 Å². The number of methoxy groups -OCH3 is 1. The van der Waals surface area contributed by atoms with Crippen molar-refractivity contribution >= 4 is 28.9 Å². The highest BCUT2D eigenvalue weighted by molar-refractivity contribution is 7.12. The third-order valence-electron chi connectivity index (χ3n) is 4.29. The molecule has 0 fully saturated rings. The van der Waals surface area contributed by atoms with Gasteiger partial charge in [-0.1, -0.05) is 18.2 Å². The molecule has 1 aliphatic heterocycles. The zero-order chi connectivity index (χ0) is 19.4. The number of hydrazone groups is 1. The smallest absolute Gasteiger partial charge is 0.262 e. The lowest BCUT2D eigenvalue weighted by atomic mass is 10.0. The van der Waals surface area contributed by atoms with Crippen molar-refractivity contribution in [2.24, 2.45) is 5.10 Å². The second-order valence-corrected chi connectivity index (χ2v) is 7.16. The summed E-state index contributed by atoms with van der Waals surface area (Å²) in [6.07, 6.45) is 0.535. The Morgan fingerprint density at radius 2 is 2.07 bits per heavy atom. The molecule has 0 spiro atoms. The van der Waals surface area contributed by atoms with Gasteiger partial charge in [-0.25, -0.2) is 9.40 Å². The summed E-state index contributed by atoms with van der Waals surface area (Å²) in [4.78, 5) is 27.0. The number of benzene rings is 1. The number of nitrogens with zero attached hydrogens (tertiary/aromatic N) is 3. The molecule has 0 saturated heterocycles. The van der Waals surface area contributed by atoms with Crippen molar-refractivity contribution in [3.8, 4) is 0 Å². The summed E-state index contributed by atoms with van der Waals surface area (Å²) in [5.74, 6) is -0.924. The van der Waals surface area contributed by atoms with Gasteiger partial charge in [-0.05, 0) is 29.1 Å². The molecule has 0 saturated carbocycles. The van der Waals surface area contributed by atoms with E-state index in [0.29, 0.717) is 6.42 Å². The maximum absolute atomic E-state index is 13.3. The van der Waals surface area contributed by atoms with Crippen LogP contribution in [0.25, 0.3) is 0 Å². The van der Waals surface area contributed by atoms with Crippen molar-refractivity contribution in [2.75, 3.05) is 27.3 Å². The lowest BCUT2D eigenvalue weighted by molar-refractivity contribution is -0.142. The quantitative estimate of drug-likeness (QED) is 0.763. The molecule has 1 aromatic heterocycles. The summed E-state index contributed by atoms with van der Waals surface area (Å²) in [7, 11) is 2.97. The van der Waals surface area contributed by atoms with Crippen molar-refractivity contribution in [3.05, 3.63) is 58.0 Å². The molecule has 142 valence electrons. The van der Waals surface area contributed by atoms with E-state index >= 15 is 0 Å². The van der Waals surface area contributed by atoms with E-state index in [1.54, 1.807) is 30.5 Å². The first-order chi connectivity index (χ1) is 13.0. The van der Waals surface area contributed by atoms with Gasteiger partial charge in [0, 0.05) is 20.6 Å². The zero-order valence-corrected chi connectivity index (χ0v) is 15.9. The van der Waals surface area contributed by atoms with E-state index in [1.165, 1.54) is 29.2 Å². The van der Waals surface area contributed by atoms with Gasteiger partial charge in [-0.15, -0.1) is 11.3 Å². The SMILES string of the molecule is COCC(=O)N(C)CC(=O)N1N=C(c2cccs2)C[C@H]1c1ccc(F)cc1. The van der Waals surface area contributed by atoms with E-state index in [9.17, 15) is 14.0 Å². The molecule has 0 unspecified atom stereocenters. The molecular weight excluding hydrogens is 369 g/mol. The minimum absolute atomic E-state index is 0.0884. The van der Waals surface area contributed by atoms with E-state index < -0.39 is 0 Å². The predicted molar refractivity (Wildman–Crippen MR) is 101 cm³/mol. The summed E-state index contributed by atoms with van der Waals surface area (Å²) in [6, 6.07) is 9.61. The second kappa shape index (κ2) is 8.41. The van der Waals surface area contributed by atoms with E-state index in [4.69, 9.17) is 4.74 Å². The molecule has 0 aliphatic carbocycles. The molecule has 6 nitrogen and oxygen atoms in total. The first-order valence-corrected chi connectivity index (χ1v) is 9.29. The van der Waals surface area contributed by atoms with Crippen LogP contribution in [0.4, 0.5) is 4.39 Å². The Labute approximate surface area is 160 Å². The molecule has 2 aromatic rings. The molecular formula is C19H20FN3O3S. The summed E-state index contributed by atoms with van der Waals surface area (Å²) in [5.41, 5.74) is 1.60. The predicted octanol–water partition coefficient (Wildman–Crippen LogP) is 2.67. The van der Waals surface area contributed by atoms with Gasteiger partial charge in [-0.2, -0.15) is 5.10 Å². The Morgan fingerprint density at radius 3 is 2.70 bits per heavy atom. The highest BCUT2D eigenvalue weighted by Gasteiger charge is 2.34. The van der Waals surface area contributed by atoms with E-state index in [0.717, 1.165) is 16.2 Å². The molecule has 0 N–H and O–H groups in total. The number of amides is 2. The second-order valence-electron chi connectivity index (χ2n) is 6.22. The molecule has 0 bridgehead atoms. The average molecular weight is 389 g/mol. The Bertz CT molecular complexity index is 836. The molecule has 8 heteroatoms. The maximum atomic E-state index is 13.3. The monoisotopic (exact) mass is 389 g/mol. The van der Waals surface area contributed by atoms with Crippen molar-refractivity contribution in [1.82, 2.24) is 9.91 Å². The normalized spacial score (nSPS) is 16.3. The topological polar surface area (TPSA) is 62.2 Å². The average Bonchev–Trinajstić information content (AvgIpc) is 3.32. The molecule has 27 heavy (non-hydrogen) atoms. The largest absolute Gasteiger partial charge is 0.375 e. The van der Waals surface area contributed by atoms with Crippen LogP contribution in [0.2, 0.25) is 0 Å². The number of halogens is 1. The molecule has 3 rings (SSSR count). The fourth-order valence-corrected chi connectivity index (χ4v) is 3.59. The summed E-state index contributed by atoms with van der Waals surface area (Å²) >= 11 is 1.55. The van der Waals surface area contributed by atoms with Crippen molar-refractivity contribution < 1.29 is 18.7 Å². The molecule has 1 atom stereocenters. The van der Waals surface area contributed by atoms with Gasteiger partial charge in [0.2, 0.25) is 5.91 Å². The van der Waals surface area contributed by atoms with Crippen LogP contribution in [0, 0.1) is 5.82 Å². The van der Waals surface area contributed by atoms with E-state index in [-0.39, 0.29) is 36.8 Å². The fraction of sp³-hybridized carbons (Fsp3) is 0.316. The Balaban J connectivity index is 1.83.